The van der Waals surface area contributed by atoms with Crippen LogP contribution in [-0.4, -0.2) is 77.0 Å². The van der Waals surface area contributed by atoms with Gasteiger partial charge in [-0.25, -0.2) is 9.59 Å². The quantitative estimate of drug-likeness (QED) is 0.0830. The highest BCUT2D eigenvalue weighted by atomic mass is 16.6. The lowest BCUT2D eigenvalue weighted by Crippen LogP contribution is -2.48. The number of amides is 5. The lowest BCUT2D eigenvalue weighted by molar-refractivity contribution is -0.130. The molecule has 304 valence electrons. The number of hydrogen-bond acceptors (Lipinski definition) is 8. The molecule has 0 bridgehead atoms. The van der Waals surface area contributed by atoms with E-state index in [0.29, 0.717) is 30.6 Å². The van der Waals surface area contributed by atoms with E-state index in [1.54, 1.807) is 51.2 Å². The fourth-order valence-electron chi connectivity index (χ4n) is 6.60. The summed E-state index contributed by atoms with van der Waals surface area (Å²) in [5.41, 5.74) is 3.23. The Bertz CT molecular complexity index is 2020. The minimum Gasteiger partial charge on any atom is -0.444 e. The van der Waals surface area contributed by atoms with Gasteiger partial charge in [0.05, 0.1) is 11.7 Å². The van der Waals surface area contributed by atoms with Crippen LogP contribution in [0.15, 0.2) is 72.9 Å². The maximum atomic E-state index is 13.9. The van der Waals surface area contributed by atoms with Crippen molar-refractivity contribution >= 4 is 46.5 Å². The molecule has 0 saturated heterocycles. The van der Waals surface area contributed by atoms with Gasteiger partial charge in [0.15, 0.2) is 0 Å². The number of fused-ring (bicyclic) bond motifs is 1. The third kappa shape index (κ3) is 13.4. The standard InChI is InChI=1S/C43H55N7O7/c1-42(2,3)56-40(54)45-21-20-44-37(51)30-16-14-29(15-17-30)32-9-7-8-28(22-32)23-36(39(53)48-34-19-18-33-26-47-50-35(33)24-34)49-38(52)31-12-10-27(11-13-31)25-46-41(55)57-43(4,5)6/h7-9,14-19,22,24,26-27,31,36H,10-13,20-21,23,25H2,1-6H3,(H,44,51)(H,45,54)(H,46,55)(H,47,50)(H,48,53)(H,49,52)/t27?,31?,36-/m0/s1. The van der Waals surface area contributed by atoms with Crippen molar-refractivity contribution < 1.29 is 33.4 Å². The molecule has 5 rings (SSSR count). The predicted octanol–water partition coefficient (Wildman–Crippen LogP) is 6.48. The minimum atomic E-state index is -0.868. The summed E-state index contributed by atoms with van der Waals surface area (Å²) in [6.07, 6.45) is 3.77. The Kier molecular flexibility index (Phi) is 13.9. The number of aromatic amines is 1. The molecule has 3 aromatic carbocycles. The molecule has 1 heterocycles. The zero-order valence-electron chi connectivity index (χ0n) is 33.6. The molecule has 14 heteroatoms. The number of nitrogens with one attached hydrogen (secondary N) is 6. The van der Waals surface area contributed by atoms with Crippen LogP contribution < -0.4 is 26.6 Å². The molecule has 1 aliphatic rings. The zero-order valence-corrected chi connectivity index (χ0v) is 33.6. The highest BCUT2D eigenvalue weighted by Gasteiger charge is 2.30. The van der Waals surface area contributed by atoms with Gasteiger partial charge in [0.25, 0.3) is 5.91 Å². The topological polar surface area (TPSA) is 193 Å². The van der Waals surface area contributed by atoms with Gasteiger partial charge >= 0.3 is 12.2 Å². The smallest absolute Gasteiger partial charge is 0.407 e. The normalized spacial score (nSPS) is 16.2. The average Bonchev–Trinajstić information content (AvgIpc) is 3.62. The second-order valence-corrected chi connectivity index (χ2v) is 16.5. The first-order valence-electron chi connectivity index (χ1n) is 19.5. The molecule has 57 heavy (non-hydrogen) atoms. The summed E-state index contributed by atoms with van der Waals surface area (Å²) in [4.78, 5) is 64.3. The van der Waals surface area contributed by atoms with Crippen molar-refractivity contribution in [1.82, 2.24) is 31.5 Å². The van der Waals surface area contributed by atoms with Gasteiger partial charge in [-0.3, -0.25) is 19.5 Å². The number of aromatic nitrogens is 2. The second-order valence-electron chi connectivity index (χ2n) is 16.5. The number of nitrogens with zero attached hydrogens (tertiary/aromatic N) is 1. The SMILES string of the molecule is CC(C)(C)OC(=O)NCCNC(=O)c1ccc(-c2cccc(C[C@H](NC(=O)C3CCC(CNC(=O)OC(C)(C)C)CC3)C(=O)Nc3ccc4cn[nH]c4c3)c2)cc1. The van der Waals surface area contributed by atoms with E-state index in [1.165, 1.54) is 0 Å². The van der Waals surface area contributed by atoms with Crippen LogP contribution in [0.2, 0.25) is 0 Å². The van der Waals surface area contributed by atoms with Gasteiger partial charge in [-0.15, -0.1) is 0 Å². The van der Waals surface area contributed by atoms with Gasteiger partial charge in [-0.2, -0.15) is 5.10 Å². The van der Waals surface area contributed by atoms with Crippen molar-refractivity contribution in [3.8, 4) is 11.1 Å². The van der Waals surface area contributed by atoms with Crippen LogP contribution in [0.5, 0.6) is 0 Å². The maximum Gasteiger partial charge on any atom is 0.407 e. The van der Waals surface area contributed by atoms with Crippen LogP contribution in [0.1, 0.15) is 83.1 Å². The fraction of sp³-hybridized carbons (Fsp3) is 0.442. The van der Waals surface area contributed by atoms with Crippen molar-refractivity contribution in [1.29, 1.82) is 0 Å². The number of ether oxygens (including phenoxy) is 2. The third-order valence-corrected chi connectivity index (χ3v) is 9.42. The Morgan fingerprint density at radius 2 is 1.44 bits per heavy atom. The van der Waals surface area contributed by atoms with Crippen molar-refractivity contribution in [3.63, 3.8) is 0 Å². The second kappa shape index (κ2) is 18.8. The van der Waals surface area contributed by atoms with Crippen LogP contribution in [0.25, 0.3) is 22.0 Å². The Morgan fingerprint density at radius 1 is 0.772 bits per heavy atom. The zero-order chi connectivity index (χ0) is 41.2. The number of anilines is 1. The number of benzene rings is 3. The molecule has 1 atom stereocenters. The van der Waals surface area contributed by atoms with Crippen molar-refractivity contribution in [2.45, 2.75) is 90.9 Å². The summed E-state index contributed by atoms with van der Waals surface area (Å²) in [6.45, 7) is 11.7. The van der Waals surface area contributed by atoms with E-state index in [-0.39, 0.29) is 49.1 Å². The molecular weight excluding hydrogens is 727 g/mol. The van der Waals surface area contributed by atoms with Gasteiger partial charge < -0.3 is 36.1 Å². The number of H-pyrrole nitrogens is 1. The van der Waals surface area contributed by atoms with Crippen molar-refractivity contribution in [2.75, 3.05) is 25.0 Å². The summed E-state index contributed by atoms with van der Waals surface area (Å²) in [7, 11) is 0. The maximum absolute atomic E-state index is 13.9. The number of rotatable bonds is 13. The molecule has 14 nitrogen and oxygen atoms in total. The highest BCUT2D eigenvalue weighted by molar-refractivity contribution is 5.99. The fourth-order valence-corrected chi connectivity index (χ4v) is 6.60. The van der Waals surface area contributed by atoms with E-state index >= 15 is 0 Å². The van der Waals surface area contributed by atoms with Crippen LogP contribution in [0.3, 0.4) is 0 Å². The molecule has 1 aliphatic carbocycles. The Labute approximate surface area is 333 Å². The van der Waals surface area contributed by atoms with Gasteiger partial charge in [-0.05, 0) is 120 Å². The molecule has 0 radical (unpaired) electrons. The molecule has 4 aromatic rings. The van der Waals surface area contributed by atoms with Crippen molar-refractivity contribution in [3.05, 3.63) is 84.1 Å². The van der Waals surface area contributed by atoms with E-state index in [2.05, 4.69) is 36.8 Å². The lowest BCUT2D eigenvalue weighted by Gasteiger charge is -2.29. The number of carbonyl (C=O) groups is 5. The van der Waals surface area contributed by atoms with Crippen molar-refractivity contribution in [2.24, 2.45) is 11.8 Å². The molecule has 0 aliphatic heterocycles. The van der Waals surface area contributed by atoms with Crippen LogP contribution in [-0.2, 0) is 25.5 Å². The molecule has 0 unspecified atom stereocenters. The van der Waals surface area contributed by atoms with Gasteiger partial charge in [0.1, 0.15) is 17.2 Å². The summed E-state index contributed by atoms with van der Waals surface area (Å²) in [5.74, 6) is -0.827. The average molecular weight is 782 g/mol. The molecule has 1 fully saturated rings. The summed E-state index contributed by atoms with van der Waals surface area (Å²) in [5, 5.41) is 22.2. The number of hydrogen-bond donors (Lipinski definition) is 6. The first-order chi connectivity index (χ1) is 27.0. The summed E-state index contributed by atoms with van der Waals surface area (Å²) in [6, 6.07) is 19.5. The molecule has 6 N–H and O–H groups in total. The van der Waals surface area contributed by atoms with Crippen LogP contribution in [0, 0.1) is 11.8 Å². The molecule has 1 saturated carbocycles. The van der Waals surface area contributed by atoms with E-state index in [1.807, 2.05) is 63.2 Å². The number of alkyl carbamates (subject to hydrolysis) is 2. The van der Waals surface area contributed by atoms with E-state index in [0.717, 1.165) is 40.4 Å². The largest absolute Gasteiger partial charge is 0.444 e. The van der Waals surface area contributed by atoms with E-state index in [9.17, 15) is 24.0 Å². The lowest BCUT2D eigenvalue weighted by atomic mass is 9.81. The highest BCUT2D eigenvalue weighted by Crippen LogP contribution is 2.29. The van der Waals surface area contributed by atoms with Gasteiger partial charge in [0.2, 0.25) is 11.8 Å². The first kappa shape index (κ1) is 42.2. The Hall–Kier alpha value is -5.92. The van der Waals surface area contributed by atoms with Crippen LogP contribution >= 0.6 is 0 Å². The van der Waals surface area contributed by atoms with Gasteiger partial charge in [0, 0.05) is 48.6 Å². The molecular formula is C43H55N7O7. The number of carbonyl (C=O) groups excluding carboxylic acids is 5. The van der Waals surface area contributed by atoms with Crippen LogP contribution in [0.4, 0.5) is 15.3 Å². The summed E-state index contributed by atoms with van der Waals surface area (Å²) < 4.78 is 10.6. The first-order valence-corrected chi connectivity index (χ1v) is 19.5. The Morgan fingerprint density at radius 3 is 2.12 bits per heavy atom. The predicted molar refractivity (Wildman–Crippen MR) is 218 cm³/mol. The van der Waals surface area contributed by atoms with Gasteiger partial charge in [-0.1, -0.05) is 36.4 Å². The Balaban J connectivity index is 1.21. The summed E-state index contributed by atoms with van der Waals surface area (Å²) >= 11 is 0. The van der Waals surface area contributed by atoms with E-state index in [4.69, 9.17) is 9.47 Å². The third-order valence-electron chi connectivity index (χ3n) is 9.42. The minimum absolute atomic E-state index is 0.177. The molecule has 0 spiro atoms. The van der Waals surface area contributed by atoms with E-state index < -0.39 is 29.4 Å². The monoisotopic (exact) mass is 781 g/mol. The molecule has 1 aromatic heterocycles. The molecule has 5 amide bonds.